The van der Waals surface area contributed by atoms with E-state index in [1.54, 1.807) is 19.1 Å². The number of carbonyl (C=O) groups excluding carboxylic acids is 1. The van der Waals surface area contributed by atoms with E-state index in [0.29, 0.717) is 11.3 Å². The molecule has 0 spiro atoms. The number of ketones is 1. The summed E-state index contributed by atoms with van der Waals surface area (Å²) in [6.07, 6.45) is 0.138. The van der Waals surface area contributed by atoms with Gasteiger partial charge in [0.1, 0.15) is 11.6 Å². The topological polar surface area (TPSA) is 29.1 Å². The Kier molecular flexibility index (Phi) is 3.61. The Morgan fingerprint density at radius 1 is 1.47 bits per heavy atom. The number of rotatable bonds is 4. The van der Waals surface area contributed by atoms with Crippen LogP contribution in [0.1, 0.15) is 19.4 Å². The normalized spacial score (nSPS) is 9.80. The smallest absolute Gasteiger partial charge is 0.134 e. The fourth-order valence-corrected chi connectivity index (χ4v) is 1.28. The van der Waals surface area contributed by atoms with Crippen molar-refractivity contribution in [1.29, 1.82) is 0 Å². The minimum absolute atomic E-state index is 0.0467. The van der Waals surface area contributed by atoms with Crippen molar-refractivity contribution < 1.29 is 9.18 Å². The zero-order valence-electron chi connectivity index (χ0n) is 8.93. The van der Waals surface area contributed by atoms with Gasteiger partial charge in [0.05, 0.1) is 0 Å². The molecule has 0 amide bonds. The first-order valence-corrected chi connectivity index (χ1v) is 4.69. The fraction of sp³-hybridized carbons (Fsp3) is 0.250. The maximum atomic E-state index is 13.4. The molecule has 0 bridgehead atoms. The van der Waals surface area contributed by atoms with E-state index >= 15 is 0 Å². The van der Waals surface area contributed by atoms with Crippen molar-refractivity contribution in [1.82, 2.24) is 0 Å². The molecule has 0 radical (unpaired) electrons. The molecular formula is C12H14FNO. The second-order valence-electron chi connectivity index (χ2n) is 3.59. The Morgan fingerprint density at radius 2 is 2.13 bits per heavy atom. The van der Waals surface area contributed by atoms with Crippen LogP contribution < -0.4 is 5.32 Å². The summed E-state index contributed by atoms with van der Waals surface area (Å²) in [5, 5.41) is 2.91. The lowest BCUT2D eigenvalue weighted by Crippen LogP contribution is -2.01. The zero-order valence-corrected chi connectivity index (χ0v) is 8.93. The molecule has 1 aromatic carbocycles. The van der Waals surface area contributed by atoms with Gasteiger partial charge in [0.15, 0.2) is 0 Å². The first kappa shape index (κ1) is 11.4. The summed E-state index contributed by atoms with van der Waals surface area (Å²) in [6.45, 7) is 6.90. The highest BCUT2D eigenvalue weighted by molar-refractivity contribution is 5.78. The van der Waals surface area contributed by atoms with E-state index in [1.807, 2.05) is 0 Å². The van der Waals surface area contributed by atoms with Crippen LogP contribution in [0.15, 0.2) is 30.5 Å². The van der Waals surface area contributed by atoms with Crippen LogP contribution in [0.2, 0.25) is 0 Å². The van der Waals surface area contributed by atoms with E-state index in [1.165, 1.54) is 13.0 Å². The highest BCUT2D eigenvalue weighted by Gasteiger charge is 2.05. The molecule has 1 aromatic rings. The summed E-state index contributed by atoms with van der Waals surface area (Å²) in [5.41, 5.74) is 1.82. The van der Waals surface area contributed by atoms with Crippen LogP contribution >= 0.6 is 0 Å². The maximum Gasteiger partial charge on any atom is 0.134 e. The van der Waals surface area contributed by atoms with E-state index < -0.39 is 0 Å². The Balaban J connectivity index is 2.87. The van der Waals surface area contributed by atoms with E-state index in [-0.39, 0.29) is 18.0 Å². The van der Waals surface area contributed by atoms with E-state index in [0.717, 1.165) is 5.70 Å². The van der Waals surface area contributed by atoms with Gasteiger partial charge in [0.25, 0.3) is 0 Å². The number of anilines is 1. The third kappa shape index (κ3) is 3.54. The predicted molar refractivity (Wildman–Crippen MR) is 59.2 cm³/mol. The van der Waals surface area contributed by atoms with Gasteiger partial charge >= 0.3 is 0 Å². The van der Waals surface area contributed by atoms with Crippen molar-refractivity contribution in [2.75, 3.05) is 5.32 Å². The summed E-state index contributed by atoms with van der Waals surface area (Å²) in [7, 11) is 0. The molecule has 80 valence electrons. The second kappa shape index (κ2) is 4.73. The van der Waals surface area contributed by atoms with Gasteiger partial charge in [-0.05, 0) is 31.5 Å². The van der Waals surface area contributed by atoms with Crippen LogP contribution in [0.4, 0.5) is 10.1 Å². The molecular weight excluding hydrogens is 193 g/mol. The molecule has 2 nitrogen and oxygen atoms in total. The minimum Gasteiger partial charge on any atom is -0.360 e. The SMILES string of the molecule is C=C(C)Nc1ccc(CC(C)=O)c(F)c1. The molecule has 1 rings (SSSR count). The van der Waals surface area contributed by atoms with Crippen LogP contribution in [0.3, 0.4) is 0 Å². The number of hydrogen-bond donors (Lipinski definition) is 1. The van der Waals surface area contributed by atoms with Crippen LogP contribution in [0.25, 0.3) is 0 Å². The largest absolute Gasteiger partial charge is 0.360 e. The minimum atomic E-state index is -0.364. The molecule has 0 aliphatic rings. The Hall–Kier alpha value is -1.64. The monoisotopic (exact) mass is 207 g/mol. The first-order valence-electron chi connectivity index (χ1n) is 4.69. The van der Waals surface area contributed by atoms with Gasteiger partial charge in [-0.25, -0.2) is 4.39 Å². The van der Waals surface area contributed by atoms with E-state index in [9.17, 15) is 9.18 Å². The van der Waals surface area contributed by atoms with Crippen LogP contribution in [0.5, 0.6) is 0 Å². The number of benzene rings is 1. The third-order valence-corrected chi connectivity index (χ3v) is 1.85. The molecule has 1 N–H and O–H groups in total. The summed E-state index contributed by atoms with van der Waals surface area (Å²) in [5.74, 6) is -0.411. The average molecular weight is 207 g/mol. The van der Waals surface area contributed by atoms with Gasteiger partial charge in [-0.3, -0.25) is 4.79 Å². The summed E-state index contributed by atoms with van der Waals surface area (Å²) in [6, 6.07) is 4.71. The van der Waals surface area contributed by atoms with Crippen molar-refractivity contribution in [2.45, 2.75) is 20.3 Å². The lowest BCUT2D eigenvalue weighted by Gasteiger charge is -2.07. The van der Waals surface area contributed by atoms with Crippen molar-refractivity contribution >= 4 is 11.5 Å². The highest BCUT2D eigenvalue weighted by Crippen LogP contribution is 2.16. The third-order valence-electron chi connectivity index (χ3n) is 1.85. The first-order chi connectivity index (χ1) is 6.99. The summed E-state index contributed by atoms with van der Waals surface area (Å²) < 4.78 is 13.4. The lowest BCUT2D eigenvalue weighted by molar-refractivity contribution is -0.116. The van der Waals surface area contributed by atoms with Crippen LogP contribution in [-0.2, 0) is 11.2 Å². The van der Waals surface area contributed by atoms with Gasteiger partial charge in [0, 0.05) is 17.8 Å². The number of hydrogen-bond acceptors (Lipinski definition) is 2. The zero-order chi connectivity index (χ0) is 11.4. The Labute approximate surface area is 88.8 Å². The molecule has 0 saturated carbocycles. The van der Waals surface area contributed by atoms with E-state index in [2.05, 4.69) is 11.9 Å². The number of allylic oxidation sites excluding steroid dienone is 1. The average Bonchev–Trinajstić information content (AvgIpc) is 2.08. The van der Waals surface area contributed by atoms with Crippen LogP contribution in [0, 0.1) is 5.82 Å². The molecule has 15 heavy (non-hydrogen) atoms. The second-order valence-corrected chi connectivity index (χ2v) is 3.59. The molecule has 3 heteroatoms. The molecule has 0 atom stereocenters. The van der Waals surface area contributed by atoms with Gasteiger partial charge in [-0.2, -0.15) is 0 Å². The van der Waals surface area contributed by atoms with Gasteiger partial charge in [-0.15, -0.1) is 0 Å². The molecule has 0 fully saturated rings. The van der Waals surface area contributed by atoms with Crippen molar-refractivity contribution in [3.05, 3.63) is 41.9 Å². The van der Waals surface area contributed by atoms with Crippen molar-refractivity contribution in [3.63, 3.8) is 0 Å². The van der Waals surface area contributed by atoms with Crippen LogP contribution in [-0.4, -0.2) is 5.78 Å². The summed E-state index contributed by atoms with van der Waals surface area (Å²) in [4.78, 5) is 10.8. The molecule has 0 heterocycles. The lowest BCUT2D eigenvalue weighted by atomic mass is 10.1. The highest BCUT2D eigenvalue weighted by atomic mass is 19.1. The number of nitrogens with one attached hydrogen (secondary N) is 1. The molecule has 0 aliphatic carbocycles. The Bertz CT molecular complexity index is 399. The van der Waals surface area contributed by atoms with Crippen molar-refractivity contribution in [2.24, 2.45) is 0 Å². The fourth-order valence-electron chi connectivity index (χ4n) is 1.28. The van der Waals surface area contributed by atoms with Gasteiger partial charge in [0.2, 0.25) is 0 Å². The quantitative estimate of drug-likeness (QED) is 0.822. The van der Waals surface area contributed by atoms with Crippen molar-refractivity contribution in [3.8, 4) is 0 Å². The Morgan fingerprint density at radius 3 is 2.60 bits per heavy atom. The molecule has 0 saturated heterocycles. The number of Topliss-reactive ketones (excluding diaryl/α,β-unsaturated/α-hetero) is 1. The van der Waals surface area contributed by atoms with Gasteiger partial charge in [-0.1, -0.05) is 12.6 Å². The maximum absolute atomic E-state index is 13.4. The number of halogens is 1. The number of carbonyl (C=O) groups is 1. The van der Waals surface area contributed by atoms with E-state index in [4.69, 9.17) is 0 Å². The standard InChI is InChI=1S/C12H14FNO/c1-8(2)14-11-5-4-10(6-9(3)15)12(13)7-11/h4-5,7,14H,1,6H2,2-3H3. The molecule has 0 unspecified atom stereocenters. The molecule has 0 aliphatic heterocycles. The summed E-state index contributed by atoms with van der Waals surface area (Å²) >= 11 is 0. The van der Waals surface area contributed by atoms with Gasteiger partial charge < -0.3 is 5.32 Å². The predicted octanol–water partition coefficient (Wildman–Crippen LogP) is 2.90. The molecule has 0 aromatic heterocycles.